The zero-order chi connectivity index (χ0) is 18.5. The zero-order valence-electron chi connectivity index (χ0n) is 14.8. The molecule has 0 radical (unpaired) electrons. The number of H-pyrrole nitrogens is 1. The van der Waals surface area contributed by atoms with Crippen LogP contribution in [0.25, 0.3) is 22.5 Å². The van der Waals surface area contributed by atoms with Gasteiger partial charge in [-0.1, -0.05) is 0 Å². The Morgan fingerprint density at radius 1 is 1.30 bits per heavy atom. The van der Waals surface area contributed by atoms with Crippen molar-refractivity contribution in [2.24, 2.45) is 11.7 Å². The number of carbonyl (C=O) groups is 1. The minimum Gasteiger partial charge on any atom is -0.478 e. The molecule has 0 bridgehead atoms. The van der Waals surface area contributed by atoms with Crippen LogP contribution in [0.5, 0.6) is 0 Å². The van der Waals surface area contributed by atoms with Gasteiger partial charge in [0.1, 0.15) is 0 Å². The van der Waals surface area contributed by atoms with Gasteiger partial charge in [-0.05, 0) is 60.9 Å². The Kier molecular flexibility index (Phi) is 3.62. The van der Waals surface area contributed by atoms with Crippen molar-refractivity contribution in [1.82, 2.24) is 15.0 Å². The number of aromatic amines is 1. The summed E-state index contributed by atoms with van der Waals surface area (Å²) in [5, 5.41) is 9.85. The topological polar surface area (TPSA) is 105 Å². The maximum absolute atomic E-state index is 12.0. The highest BCUT2D eigenvalue weighted by Gasteiger charge is 2.36. The largest absolute Gasteiger partial charge is 0.478 e. The number of nitrogens with one attached hydrogen (secondary N) is 1. The molecular weight excluding hydrogens is 340 g/mol. The Hall–Kier alpha value is -2.99. The summed E-state index contributed by atoms with van der Waals surface area (Å²) in [6.07, 6.45) is 9.00. The van der Waals surface area contributed by atoms with E-state index in [9.17, 15) is 9.90 Å². The second kappa shape index (κ2) is 6.03. The van der Waals surface area contributed by atoms with Crippen LogP contribution >= 0.6 is 0 Å². The molecule has 1 fully saturated rings. The van der Waals surface area contributed by atoms with Crippen molar-refractivity contribution in [3.05, 3.63) is 59.2 Å². The molecule has 3 aromatic heterocycles. The number of hydrogen-bond acceptors (Lipinski definition) is 4. The minimum absolute atomic E-state index is 0.246. The van der Waals surface area contributed by atoms with Gasteiger partial charge in [0.2, 0.25) is 0 Å². The molecule has 0 aliphatic heterocycles. The van der Waals surface area contributed by atoms with Gasteiger partial charge in [0.05, 0.1) is 17.0 Å². The van der Waals surface area contributed by atoms with Crippen molar-refractivity contribution in [2.75, 3.05) is 0 Å². The van der Waals surface area contributed by atoms with Crippen LogP contribution in [-0.4, -0.2) is 26.0 Å². The summed E-state index contributed by atoms with van der Waals surface area (Å²) in [5.74, 6) is -0.519. The fraction of sp³-hybridized carbons (Fsp3) is 0.286. The highest BCUT2D eigenvalue weighted by atomic mass is 16.4. The maximum Gasteiger partial charge on any atom is 0.337 e. The normalized spacial score (nSPS) is 16.5. The number of rotatable bonds is 4. The highest BCUT2D eigenvalue weighted by molar-refractivity contribution is 5.95. The highest BCUT2D eigenvalue weighted by Crippen LogP contribution is 2.44. The Balaban J connectivity index is 1.67. The third kappa shape index (κ3) is 2.64. The van der Waals surface area contributed by atoms with E-state index in [2.05, 4.69) is 15.0 Å². The molecule has 4 N–H and O–H groups in total. The van der Waals surface area contributed by atoms with Gasteiger partial charge in [-0.2, -0.15) is 0 Å². The summed E-state index contributed by atoms with van der Waals surface area (Å²) < 4.78 is 0. The monoisotopic (exact) mass is 360 g/mol. The lowest BCUT2D eigenvalue weighted by atomic mass is 9.88. The second-order valence-corrected chi connectivity index (χ2v) is 7.40. The average molecular weight is 360 g/mol. The summed E-state index contributed by atoms with van der Waals surface area (Å²) in [5.41, 5.74) is 13.1. The average Bonchev–Trinajstić information content (AvgIpc) is 3.46. The number of aromatic carboxylic acids is 1. The smallest absolute Gasteiger partial charge is 0.337 e. The van der Waals surface area contributed by atoms with Crippen molar-refractivity contribution in [3.8, 4) is 22.5 Å². The molecule has 3 aromatic rings. The fourth-order valence-electron chi connectivity index (χ4n) is 4.07. The molecule has 0 amide bonds. The number of pyridine rings is 2. The molecule has 2 aliphatic carbocycles. The molecule has 1 atom stereocenters. The Morgan fingerprint density at radius 2 is 2.15 bits per heavy atom. The van der Waals surface area contributed by atoms with Crippen LogP contribution in [-0.2, 0) is 12.8 Å². The summed E-state index contributed by atoms with van der Waals surface area (Å²) in [6.45, 7) is 0. The first-order chi connectivity index (χ1) is 13.1. The lowest BCUT2D eigenvalue weighted by Crippen LogP contribution is -2.17. The van der Waals surface area contributed by atoms with Gasteiger partial charge in [-0.15, -0.1) is 0 Å². The molecular formula is C21H20N4O2. The summed E-state index contributed by atoms with van der Waals surface area (Å²) in [6, 6.07) is 5.63. The predicted molar refractivity (Wildman–Crippen MR) is 101 cm³/mol. The van der Waals surface area contributed by atoms with Crippen LogP contribution in [0.2, 0.25) is 0 Å². The van der Waals surface area contributed by atoms with E-state index >= 15 is 0 Å². The number of carboxylic acid groups (broad SMARTS) is 1. The van der Waals surface area contributed by atoms with Crippen LogP contribution in [0.15, 0.2) is 36.8 Å². The van der Waals surface area contributed by atoms with E-state index in [1.807, 2.05) is 24.4 Å². The minimum atomic E-state index is -0.899. The van der Waals surface area contributed by atoms with Gasteiger partial charge in [0.15, 0.2) is 0 Å². The van der Waals surface area contributed by atoms with Crippen LogP contribution in [0.4, 0.5) is 0 Å². The van der Waals surface area contributed by atoms with Gasteiger partial charge in [-0.25, -0.2) is 4.79 Å². The molecule has 2 aliphatic rings. The van der Waals surface area contributed by atoms with E-state index in [1.165, 1.54) is 0 Å². The molecule has 136 valence electrons. The van der Waals surface area contributed by atoms with E-state index < -0.39 is 5.97 Å². The number of carboxylic acids is 1. The van der Waals surface area contributed by atoms with Crippen molar-refractivity contribution in [2.45, 2.75) is 31.7 Å². The van der Waals surface area contributed by atoms with Crippen LogP contribution < -0.4 is 5.73 Å². The molecule has 0 saturated heterocycles. The van der Waals surface area contributed by atoms with Gasteiger partial charge in [0, 0.05) is 41.5 Å². The molecule has 1 saturated carbocycles. The second-order valence-electron chi connectivity index (χ2n) is 7.40. The summed E-state index contributed by atoms with van der Waals surface area (Å²) in [4.78, 5) is 24.1. The first kappa shape index (κ1) is 16.2. The van der Waals surface area contributed by atoms with Crippen molar-refractivity contribution < 1.29 is 9.90 Å². The third-order valence-electron chi connectivity index (χ3n) is 5.67. The molecule has 1 unspecified atom stereocenters. The quantitative estimate of drug-likeness (QED) is 0.662. The van der Waals surface area contributed by atoms with Gasteiger partial charge >= 0.3 is 5.97 Å². The van der Waals surface area contributed by atoms with Gasteiger partial charge in [0.25, 0.3) is 0 Å². The third-order valence-corrected chi connectivity index (χ3v) is 5.67. The molecule has 0 spiro atoms. The zero-order valence-corrected chi connectivity index (χ0v) is 14.8. The molecule has 6 nitrogen and oxygen atoms in total. The predicted octanol–water partition coefficient (Wildman–Crippen LogP) is 3.35. The van der Waals surface area contributed by atoms with E-state index in [0.717, 1.165) is 52.9 Å². The standard InChI is InChI=1S/C21H20N4O2/c22-18(11-3-4-11)20-17(21(26)27)14-6-5-12-10-24-16(8-15(12)19(14)25-20)13-2-1-7-23-9-13/h1-2,7-11,18,25H,3-6,22H2,(H,26,27). The Morgan fingerprint density at radius 3 is 2.85 bits per heavy atom. The van der Waals surface area contributed by atoms with E-state index in [0.29, 0.717) is 23.6 Å². The lowest BCUT2D eigenvalue weighted by Gasteiger charge is -2.17. The fourth-order valence-corrected chi connectivity index (χ4v) is 4.07. The molecule has 6 heteroatoms. The summed E-state index contributed by atoms with van der Waals surface area (Å²) >= 11 is 0. The van der Waals surface area contributed by atoms with Crippen molar-refractivity contribution in [1.29, 1.82) is 0 Å². The Labute approximate surface area is 156 Å². The van der Waals surface area contributed by atoms with Crippen LogP contribution in [0.3, 0.4) is 0 Å². The van der Waals surface area contributed by atoms with Crippen molar-refractivity contribution in [3.63, 3.8) is 0 Å². The van der Waals surface area contributed by atoms with Crippen molar-refractivity contribution >= 4 is 5.97 Å². The lowest BCUT2D eigenvalue weighted by molar-refractivity contribution is 0.0694. The van der Waals surface area contributed by atoms with Crippen LogP contribution in [0.1, 0.15) is 46.1 Å². The molecule has 27 heavy (non-hydrogen) atoms. The number of fused-ring (bicyclic) bond motifs is 3. The van der Waals surface area contributed by atoms with E-state index in [1.54, 1.807) is 12.4 Å². The number of nitrogens with zero attached hydrogens (tertiary/aromatic N) is 2. The number of aromatic nitrogens is 3. The Bertz CT molecular complexity index is 1040. The maximum atomic E-state index is 12.0. The first-order valence-electron chi connectivity index (χ1n) is 9.26. The van der Waals surface area contributed by atoms with Crippen LogP contribution in [0, 0.1) is 5.92 Å². The first-order valence-corrected chi connectivity index (χ1v) is 9.26. The number of aryl methyl sites for hydroxylation is 1. The SMILES string of the molecule is NC(c1[nH]c2c(c1C(=O)O)CCc1cnc(-c3cccnc3)cc1-2)C1CC1. The summed E-state index contributed by atoms with van der Waals surface area (Å²) in [7, 11) is 0. The molecule has 0 aromatic carbocycles. The van der Waals surface area contributed by atoms with Gasteiger partial charge in [-0.3, -0.25) is 9.97 Å². The van der Waals surface area contributed by atoms with Gasteiger partial charge < -0.3 is 15.8 Å². The van der Waals surface area contributed by atoms with E-state index in [-0.39, 0.29) is 6.04 Å². The number of nitrogens with two attached hydrogens (primary N) is 1. The molecule has 5 rings (SSSR count). The number of hydrogen-bond donors (Lipinski definition) is 3. The van der Waals surface area contributed by atoms with E-state index in [4.69, 9.17) is 5.73 Å². The molecule has 3 heterocycles.